The molecule has 8 heteroatoms. The second-order valence-corrected chi connectivity index (χ2v) is 4.28. The molecular weight excluding hydrogens is 298 g/mol. The molecule has 2 aromatic rings. The molecule has 0 saturated carbocycles. The molecule has 1 heterocycles. The maximum atomic E-state index is 11.6. The molecule has 0 radical (unpaired) electrons. The lowest BCUT2D eigenvalue weighted by Gasteiger charge is -2.05. The van der Waals surface area contributed by atoms with Crippen molar-refractivity contribution < 1.29 is 14.5 Å². The molecule has 0 aliphatic heterocycles. The first-order valence-corrected chi connectivity index (χ1v) is 6.35. The van der Waals surface area contributed by atoms with Crippen molar-refractivity contribution in [3.63, 3.8) is 0 Å². The van der Waals surface area contributed by atoms with Gasteiger partial charge in [-0.05, 0) is 6.92 Å². The van der Waals surface area contributed by atoms with Crippen LogP contribution in [0.2, 0.25) is 5.15 Å². The van der Waals surface area contributed by atoms with Crippen LogP contribution in [0.3, 0.4) is 0 Å². The van der Waals surface area contributed by atoms with Crippen molar-refractivity contribution in [2.75, 3.05) is 6.61 Å². The van der Waals surface area contributed by atoms with E-state index >= 15 is 0 Å². The van der Waals surface area contributed by atoms with Gasteiger partial charge in [0.05, 0.1) is 11.5 Å². The van der Waals surface area contributed by atoms with Gasteiger partial charge in [-0.15, -0.1) is 0 Å². The standard InChI is InChI=1S/C13H10ClN3O4/c1-2-21-13(18)10-7-15-12(16-11(10)14)8-4-3-5-9(6-8)17(19)20/h3-7H,2H2,1H3. The van der Waals surface area contributed by atoms with Crippen molar-refractivity contribution >= 4 is 23.3 Å². The number of hydrogen-bond donors (Lipinski definition) is 0. The first-order chi connectivity index (χ1) is 10.0. The number of hydrogen-bond acceptors (Lipinski definition) is 6. The summed E-state index contributed by atoms with van der Waals surface area (Å²) in [5.74, 6) is -0.426. The quantitative estimate of drug-likeness (QED) is 0.373. The molecule has 108 valence electrons. The molecule has 0 bridgehead atoms. The number of benzene rings is 1. The van der Waals surface area contributed by atoms with E-state index in [1.165, 1.54) is 24.4 Å². The van der Waals surface area contributed by atoms with Crippen LogP contribution >= 0.6 is 11.6 Å². The van der Waals surface area contributed by atoms with Gasteiger partial charge < -0.3 is 4.74 Å². The first kappa shape index (κ1) is 14.9. The van der Waals surface area contributed by atoms with Crippen molar-refractivity contribution in [2.45, 2.75) is 6.92 Å². The maximum Gasteiger partial charge on any atom is 0.342 e. The molecular formula is C13H10ClN3O4. The minimum absolute atomic E-state index is 0.0488. The number of non-ortho nitro benzene ring substituents is 1. The van der Waals surface area contributed by atoms with E-state index in [4.69, 9.17) is 16.3 Å². The highest BCUT2D eigenvalue weighted by atomic mass is 35.5. The van der Waals surface area contributed by atoms with E-state index in [2.05, 4.69) is 9.97 Å². The molecule has 7 nitrogen and oxygen atoms in total. The van der Waals surface area contributed by atoms with Gasteiger partial charge in [0.15, 0.2) is 5.82 Å². The average Bonchev–Trinajstić information content (AvgIpc) is 2.47. The summed E-state index contributed by atoms with van der Waals surface area (Å²) in [5, 5.41) is 10.7. The SMILES string of the molecule is CCOC(=O)c1cnc(-c2cccc([N+](=O)[O-])c2)nc1Cl. The Morgan fingerprint density at radius 1 is 1.48 bits per heavy atom. The summed E-state index contributed by atoms with van der Waals surface area (Å²) >= 11 is 5.93. The third-order valence-electron chi connectivity index (χ3n) is 2.55. The Labute approximate surface area is 124 Å². The van der Waals surface area contributed by atoms with Gasteiger partial charge in [0.1, 0.15) is 10.7 Å². The minimum atomic E-state index is -0.618. The van der Waals surface area contributed by atoms with Gasteiger partial charge in [-0.2, -0.15) is 0 Å². The Kier molecular flexibility index (Phi) is 4.44. The molecule has 21 heavy (non-hydrogen) atoms. The van der Waals surface area contributed by atoms with Gasteiger partial charge in [0.2, 0.25) is 0 Å². The van der Waals surface area contributed by atoms with E-state index in [1.807, 2.05) is 0 Å². The zero-order valence-electron chi connectivity index (χ0n) is 10.9. The van der Waals surface area contributed by atoms with Crippen LogP contribution in [0.25, 0.3) is 11.4 Å². The van der Waals surface area contributed by atoms with E-state index < -0.39 is 10.9 Å². The first-order valence-electron chi connectivity index (χ1n) is 5.97. The van der Waals surface area contributed by atoms with Crippen molar-refractivity contribution in [1.82, 2.24) is 9.97 Å². The van der Waals surface area contributed by atoms with Gasteiger partial charge in [0, 0.05) is 23.9 Å². The molecule has 0 amide bonds. The predicted molar refractivity (Wildman–Crippen MR) is 75.1 cm³/mol. The van der Waals surface area contributed by atoms with Crippen LogP contribution in [0.1, 0.15) is 17.3 Å². The summed E-state index contributed by atoms with van der Waals surface area (Å²) in [4.78, 5) is 29.8. The molecule has 2 rings (SSSR count). The van der Waals surface area contributed by atoms with Gasteiger partial charge in [-0.25, -0.2) is 14.8 Å². The lowest BCUT2D eigenvalue weighted by Crippen LogP contribution is -2.07. The van der Waals surface area contributed by atoms with Crippen LogP contribution in [0, 0.1) is 10.1 Å². The van der Waals surface area contributed by atoms with Crippen molar-refractivity contribution in [2.24, 2.45) is 0 Å². The Hall–Kier alpha value is -2.54. The summed E-state index contributed by atoms with van der Waals surface area (Å²) < 4.78 is 4.81. The van der Waals surface area contributed by atoms with Crippen LogP contribution in [-0.2, 0) is 4.74 Å². The summed E-state index contributed by atoms with van der Waals surface area (Å²) in [6.07, 6.45) is 1.24. The number of nitro groups is 1. The van der Waals surface area contributed by atoms with E-state index in [0.29, 0.717) is 5.56 Å². The topological polar surface area (TPSA) is 95.2 Å². The number of nitrogens with zero attached hydrogens (tertiary/aromatic N) is 3. The zero-order chi connectivity index (χ0) is 15.4. The van der Waals surface area contributed by atoms with Crippen LogP contribution in [0.5, 0.6) is 0 Å². The number of nitro benzene ring substituents is 1. The third kappa shape index (κ3) is 3.32. The van der Waals surface area contributed by atoms with Gasteiger partial charge >= 0.3 is 5.97 Å². The number of halogens is 1. The van der Waals surface area contributed by atoms with Crippen LogP contribution in [-0.4, -0.2) is 27.5 Å². The molecule has 0 aliphatic carbocycles. The Morgan fingerprint density at radius 2 is 2.24 bits per heavy atom. The predicted octanol–water partition coefficient (Wildman–Crippen LogP) is 2.88. The highest BCUT2D eigenvalue weighted by molar-refractivity contribution is 6.32. The molecule has 0 fully saturated rings. The Morgan fingerprint density at radius 3 is 2.86 bits per heavy atom. The summed E-state index contributed by atoms with van der Waals surface area (Å²) in [6.45, 7) is 1.88. The minimum Gasteiger partial charge on any atom is -0.462 e. The normalized spacial score (nSPS) is 10.2. The molecule has 0 spiro atoms. The van der Waals surface area contributed by atoms with Crippen molar-refractivity contribution in [3.8, 4) is 11.4 Å². The monoisotopic (exact) mass is 307 g/mol. The molecule has 0 saturated heterocycles. The van der Waals surface area contributed by atoms with E-state index in [0.717, 1.165) is 0 Å². The van der Waals surface area contributed by atoms with Gasteiger partial charge in [0.25, 0.3) is 5.69 Å². The number of aromatic nitrogens is 2. The highest BCUT2D eigenvalue weighted by Crippen LogP contribution is 2.23. The zero-order valence-corrected chi connectivity index (χ0v) is 11.7. The fraction of sp³-hybridized carbons (Fsp3) is 0.154. The number of rotatable bonds is 4. The van der Waals surface area contributed by atoms with Crippen LogP contribution in [0.15, 0.2) is 30.5 Å². The van der Waals surface area contributed by atoms with E-state index in [9.17, 15) is 14.9 Å². The van der Waals surface area contributed by atoms with Crippen molar-refractivity contribution in [3.05, 3.63) is 51.3 Å². The Bertz CT molecular complexity index is 706. The smallest absolute Gasteiger partial charge is 0.342 e. The fourth-order valence-corrected chi connectivity index (χ4v) is 1.81. The summed E-state index contributed by atoms with van der Waals surface area (Å²) in [5.41, 5.74) is 0.399. The number of ether oxygens (including phenoxy) is 1. The lowest BCUT2D eigenvalue weighted by molar-refractivity contribution is -0.384. The molecule has 1 aromatic heterocycles. The largest absolute Gasteiger partial charge is 0.462 e. The number of esters is 1. The Balaban J connectivity index is 2.38. The highest BCUT2D eigenvalue weighted by Gasteiger charge is 2.16. The van der Waals surface area contributed by atoms with Crippen LogP contribution in [0.4, 0.5) is 5.69 Å². The third-order valence-corrected chi connectivity index (χ3v) is 2.84. The van der Waals surface area contributed by atoms with E-state index in [1.54, 1.807) is 13.0 Å². The molecule has 0 aliphatic rings. The fourth-order valence-electron chi connectivity index (χ4n) is 1.60. The summed E-state index contributed by atoms with van der Waals surface area (Å²) in [6, 6.07) is 5.82. The van der Waals surface area contributed by atoms with Crippen LogP contribution < -0.4 is 0 Å². The number of carbonyl (C=O) groups excluding carboxylic acids is 1. The maximum absolute atomic E-state index is 11.6. The molecule has 0 N–H and O–H groups in total. The second kappa shape index (κ2) is 6.27. The van der Waals surface area contributed by atoms with Gasteiger partial charge in [-0.3, -0.25) is 10.1 Å². The second-order valence-electron chi connectivity index (χ2n) is 3.93. The van der Waals surface area contributed by atoms with E-state index in [-0.39, 0.29) is 28.8 Å². The lowest BCUT2D eigenvalue weighted by atomic mass is 10.2. The summed E-state index contributed by atoms with van der Waals surface area (Å²) in [7, 11) is 0. The molecule has 0 unspecified atom stereocenters. The molecule has 0 atom stereocenters. The van der Waals surface area contributed by atoms with Crippen molar-refractivity contribution in [1.29, 1.82) is 0 Å². The average molecular weight is 308 g/mol. The number of carbonyl (C=O) groups is 1. The van der Waals surface area contributed by atoms with Gasteiger partial charge in [-0.1, -0.05) is 23.7 Å². The molecule has 1 aromatic carbocycles.